The molecule has 1 aliphatic heterocycles. The smallest absolute Gasteiger partial charge is 0.118 e. The van der Waals surface area contributed by atoms with E-state index < -0.39 is 0 Å². The van der Waals surface area contributed by atoms with Crippen molar-refractivity contribution in [3.8, 4) is 5.75 Å². The number of nitrogens with two attached hydrogens (primary N) is 1. The van der Waals surface area contributed by atoms with E-state index in [0.29, 0.717) is 5.75 Å². The van der Waals surface area contributed by atoms with Crippen LogP contribution in [0, 0.1) is 6.92 Å². The highest BCUT2D eigenvalue weighted by atomic mass is 16.3. The normalized spacial score (nSPS) is 26.9. The largest absolute Gasteiger partial charge is 0.508 e. The zero-order valence-electron chi connectivity index (χ0n) is 10.0. The van der Waals surface area contributed by atoms with Crippen molar-refractivity contribution < 1.29 is 5.11 Å². The molecule has 88 valence electrons. The van der Waals surface area contributed by atoms with Gasteiger partial charge >= 0.3 is 0 Å². The summed E-state index contributed by atoms with van der Waals surface area (Å²) in [6, 6.07) is 5.70. The van der Waals surface area contributed by atoms with Gasteiger partial charge in [0.05, 0.1) is 5.54 Å². The number of piperidine rings is 1. The summed E-state index contributed by atoms with van der Waals surface area (Å²) in [6.45, 7) is 3.92. The standard InChI is InChI=1S/C13H20N2O/c1-10-8-11(4-5-12(10)16)13(14)6-3-7-15(2)9-13/h4-5,8,16H,3,6-7,9,14H2,1-2H3. The van der Waals surface area contributed by atoms with E-state index in [-0.39, 0.29) is 5.54 Å². The number of phenolic OH excluding ortho intramolecular Hbond substituents is 1. The summed E-state index contributed by atoms with van der Waals surface area (Å²) in [5.74, 6) is 0.344. The second-order valence-corrected chi connectivity index (χ2v) is 5.00. The number of benzene rings is 1. The molecule has 3 heteroatoms. The number of aryl methyl sites for hydroxylation is 1. The van der Waals surface area contributed by atoms with Crippen LogP contribution >= 0.6 is 0 Å². The van der Waals surface area contributed by atoms with E-state index in [0.717, 1.165) is 37.1 Å². The maximum atomic E-state index is 9.53. The van der Waals surface area contributed by atoms with Gasteiger partial charge in [-0.25, -0.2) is 0 Å². The quantitative estimate of drug-likeness (QED) is 0.755. The van der Waals surface area contributed by atoms with Gasteiger partial charge in [0, 0.05) is 6.54 Å². The molecule has 1 heterocycles. The Morgan fingerprint density at radius 2 is 2.19 bits per heavy atom. The van der Waals surface area contributed by atoms with Gasteiger partial charge in [0.2, 0.25) is 0 Å². The summed E-state index contributed by atoms with van der Waals surface area (Å²) in [5.41, 5.74) is 8.24. The van der Waals surface area contributed by atoms with Crippen LogP contribution in [0.2, 0.25) is 0 Å². The lowest BCUT2D eigenvalue weighted by Gasteiger charge is -2.39. The maximum absolute atomic E-state index is 9.53. The van der Waals surface area contributed by atoms with Crippen LogP contribution in [-0.4, -0.2) is 30.1 Å². The van der Waals surface area contributed by atoms with Crippen molar-refractivity contribution >= 4 is 0 Å². The third-order valence-corrected chi connectivity index (χ3v) is 3.49. The maximum Gasteiger partial charge on any atom is 0.118 e. The highest BCUT2D eigenvalue weighted by Crippen LogP contribution is 2.30. The molecule has 2 rings (SSSR count). The van der Waals surface area contributed by atoms with E-state index in [4.69, 9.17) is 5.73 Å². The predicted octanol–water partition coefficient (Wildman–Crippen LogP) is 1.58. The highest BCUT2D eigenvalue weighted by molar-refractivity contribution is 5.38. The van der Waals surface area contributed by atoms with Crippen LogP contribution in [0.25, 0.3) is 0 Å². The van der Waals surface area contributed by atoms with Crippen LogP contribution in [0.15, 0.2) is 18.2 Å². The lowest BCUT2D eigenvalue weighted by molar-refractivity contribution is 0.179. The van der Waals surface area contributed by atoms with Crippen molar-refractivity contribution in [2.75, 3.05) is 20.1 Å². The average Bonchev–Trinajstić information content (AvgIpc) is 2.21. The molecule has 1 saturated heterocycles. The highest BCUT2D eigenvalue weighted by Gasteiger charge is 2.32. The Hall–Kier alpha value is -1.06. The summed E-state index contributed by atoms with van der Waals surface area (Å²) < 4.78 is 0. The third kappa shape index (κ3) is 2.06. The van der Waals surface area contributed by atoms with Gasteiger partial charge in [0.25, 0.3) is 0 Å². The summed E-state index contributed by atoms with van der Waals surface area (Å²) in [4.78, 5) is 2.27. The van der Waals surface area contributed by atoms with Crippen molar-refractivity contribution in [3.05, 3.63) is 29.3 Å². The first-order chi connectivity index (χ1) is 7.51. The summed E-state index contributed by atoms with van der Waals surface area (Å²) >= 11 is 0. The summed E-state index contributed by atoms with van der Waals surface area (Å²) in [5, 5.41) is 9.53. The molecule has 3 nitrogen and oxygen atoms in total. The van der Waals surface area contributed by atoms with Crippen LogP contribution in [0.3, 0.4) is 0 Å². The van der Waals surface area contributed by atoms with Gasteiger partial charge in [0.15, 0.2) is 0 Å². The number of rotatable bonds is 1. The molecule has 0 bridgehead atoms. The molecule has 0 spiro atoms. The molecular formula is C13H20N2O. The minimum Gasteiger partial charge on any atom is -0.508 e. The monoisotopic (exact) mass is 220 g/mol. The molecule has 0 radical (unpaired) electrons. The number of nitrogens with zero attached hydrogens (tertiary/aromatic N) is 1. The lowest BCUT2D eigenvalue weighted by Crippen LogP contribution is -2.50. The Bertz CT molecular complexity index is 392. The van der Waals surface area contributed by atoms with E-state index in [1.807, 2.05) is 19.1 Å². The zero-order chi connectivity index (χ0) is 11.8. The average molecular weight is 220 g/mol. The number of phenols is 1. The fourth-order valence-corrected chi connectivity index (χ4v) is 2.50. The fourth-order valence-electron chi connectivity index (χ4n) is 2.50. The molecule has 3 N–H and O–H groups in total. The molecule has 0 aliphatic carbocycles. The molecule has 0 aromatic heterocycles. The predicted molar refractivity (Wildman–Crippen MR) is 65.4 cm³/mol. The Kier molecular flexibility index (Phi) is 2.91. The minimum absolute atomic E-state index is 0.258. The number of likely N-dealkylation sites (N-methyl/N-ethyl adjacent to an activating group) is 1. The van der Waals surface area contributed by atoms with E-state index in [9.17, 15) is 5.11 Å². The molecule has 16 heavy (non-hydrogen) atoms. The number of aromatic hydroxyl groups is 1. The molecule has 1 aromatic rings. The molecule has 1 atom stereocenters. The Morgan fingerprint density at radius 3 is 2.81 bits per heavy atom. The van der Waals surface area contributed by atoms with E-state index in [1.54, 1.807) is 6.07 Å². The zero-order valence-corrected chi connectivity index (χ0v) is 10.0. The van der Waals surface area contributed by atoms with E-state index in [2.05, 4.69) is 11.9 Å². The van der Waals surface area contributed by atoms with Gasteiger partial charge in [-0.05, 0) is 50.6 Å². The molecule has 0 amide bonds. The Labute approximate surface area is 96.9 Å². The SMILES string of the molecule is Cc1cc(C2(N)CCCN(C)C2)ccc1O. The van der Waals surface area contributed by atoms with Gasteiger partial charge < -0.3 is 15.7 Å². The van der Waals surface area contributed by atoms with Crippen LogP contribution < -0.4 is 5.73 Å². The number of hydrogen-bond donors (Lipinski definition) is 2. The first-order valence-corrected chi connectivity index (χ1v) is 5.79. The molecule has 1 unspecified atom stereocenters. The number of hydrogen-bond acceptors (Lipinski definition) is 3. The van der Waals surface area contributed by atoms with E-state index >= 15 is 0 Å². The van der Waals surface area contributed by atoms with Gasteiger partial charge in [-0.2, -0.15) is 0 Å². The summed E-state index contributed by atoms with van der Waals surface area (Å²) in [7, 11) is 2.11. The molecule has 1 aliphatic rings. The second-order valence-electron chi connectivity index (χ2n) is 5.00. The van der Waals surface area contributed by atoms with Crippen LogP contribution in [0.1, 0.15) is 24.0 Å². The Morgan fingerprint density at radius 1 is 1.44 bits per heavy atom. The van der Waals surface area contributed by atoms with Crippen molar-refractivity contribution in [2.45, 2.75) is 25.3 Å². The third-order valence-electron chi connectivity index (χ3n) is 3.49. The van der Waals surface area contributed by atoms with Crippen molar-refractivity contribution in [2.24, 2.45) is 5.73 Å². The Balaban J connectivity index is 2.31. The topological polar surface area (TPSA) is 49.5 Å². The molecule has 1 fully saturated rings. The van der Waals surface area contributed by atoms with Crippen LogP contribution in [-0.2, 0) is 5.54 Å². The van der Waals surface area contributed by atoms with E-state index in [1.165, 1.54) is 0 Å². The van der Waals surface area contributed by atoms with Crippen molar-refractivity contribution in [3.63, 3.8) is 0 Å². The minimum atomic E-state index is -0.258. The van der Waals surface area contributed by atoms with Gasteiger partial charge in [0.1, 0.15) is 5.75 Å². The number of likely N-dealkylation sites (tertiary alicyclic amines) is 1. The van der Waals surface area contributed by atoms with Crippen LogP contribution in [0.5, 0.6) is 5.75 Å². The molecule has 1 aromatic carbocycles. The summed E-state index contributed by atoms with van der Waals surface area (Å²) in [6.07, 6.45) is 2.15. The van der Waals surface area contributed by atoms with Gasteiger partial charge in [-0.15, -0.1) is 0 Å². The van der Waals surface area contributed by atoms with Crippen LogP contribution in [0.4, 0.5) is 0 Å². The molecule has 0 saturated carbocycles. The first kappa shape index (κ1) is 11.4. The fraction of sp³-hybridized carbons (Fsp3) is 0.538. The molecular weight excluding hydrogens is 200 g/mol. The lowest BCUT2D eigenvalue weighted by atomic mass is 9.83. The van der Waals surface area contributed by atoms with Gasteiger partial charge in [-0.3, -0.25) is 0 Å². The first-order valence-electron chi connectivity index (χ1n) is 5.79. The second kappa shape index (κ2) is 4.07. The van der Waals surface area contributed by atoms with Crippen molar-refractivity contribution in [1.82, 2.24) is 4.90 Å². The van der Waals surface area contributed by atoms with Crippen molar-refractivity contribution in [1.29, 1.82) is 0 Å². The van der Waals surface area contributed by atoms with Gasteiger partial charge in [-0.1, -0.05) is 12.1 Å².